The summed E-state index contributed by atoms with van der Waals surface area (Å²) < 4.78 is 17.9. The minimum atomic E-state index is -0.904. The number of aromatic nitrogens is 1. The van der Waals surface area contributed by atoms with E-state index in [1.807, 2.05) is 109 Å². The van der Waals surface area contributed by atoms with E-state index in [4.69, 9.17) is 14.2 Å². The van der Waals surface area contributed by atoms with Crippen LogP contribution in [0.3, 0.4) is 0 Å². The van der Waals surface area contributed by atoms with Crippen molar-refractivity contribution in [1.29, 1.82) is 0 Å². The summed E-state index contributed by atoms with van der Waals surface area (Å²) in [6.45, 7) is 4.18. The number of piperidine rings is 3. The third-order valence-electron chi connectivity index (χ3n) is 13.3. The summed E-state index contributed by atoms with van der Waals surface area (Å²) in [5.74, 6) is 0.425. The van der Waals surface area contributed by atoms with Crippen LogP contribution in [0, 0.1) is 5.92 Å². The fraction of sp³-hybridized carbons (Fsp3) is 0.263. The molecule has 0 saturated carbocycles. The van der Waals surface area contributed by atoms with Crippen LogP contribution < -0.4 is 26.2 Å². The second-order valence-electron chi connectivity index (χ2n) is 18.2. The number of urea groups is 1. The molecular weight excluding hydrogens is 913 g/mol. The number of carbonyl (C=O) groups excluding carboxylic acids is 3. The fourth-order valence-electron chi connectivity index (χ4n) is 9.34. The number of ether oxygens (including phenoxy) is 3. The molecule has 15 nitrogen and oxygen atoms in total. The second kappa shape index (κ2) is 23.3. The van der Waals surface area contributed by atoms with E-state index in [1.54, 1.807) is 41.3 Å². The summed E-state index contributed by atoms with van der Waals surface area (Å²) >= 11 is 0. The van der Waals surface area contributed by atoms with E-state index in [1.165, 1.54) is 12.1 Å². The van der Waals surface area contributed by atoms with Crippen molar-refractivity contribution in [3.05, 3.63) is 207 Å². The Bertz CT molecular complexity index is 3000. The quantitative estimate of drug-likeness (QED) is 0.0426. The lowest BCUT2D eigenvalue weighted by molar-refractivity contribution is -0.0336. The molecule has 0 radical (unpaired) electrons. The molecule has 3 fully saturated rings. The van der Waals surface area contributed by atoms with Crippen LogP contribution >= 0.6 is 0 Å². The second-order valence-corrected chi connectivity index (χ2v) is 18.2. The van der Waals surface area contributed by atoms with Gasteiger partial charge in [-0.2, -0.15) is 0 Å². The van der Waals surface area contributed by atoms with Gasteiger partial charge in [-0.05, 0) is 114 Å². The predicted molar refractivity (Wildman–Crippen MR) is 274 cm³/mol. The molecule has 3 saturated heterocycles. The molecule has 7 aromatic rings. The van der Waals surface area contributed by atoms with Gasteiger partial charge in [-0.25, -0.2) is 14.4 Å². The summed E-state index contributed by atoms with van der Waals surface area (Å²) in [7, 11) is 0. The largest absolute Gasteiger partial charge is 0.506 e. The highest BCUT2D eigenvalue weighted by molar-refractivity contribution is 5.90. The molecule has 0 aliphatic carbocycles. The van der Waals surface area contributed by atoms with Crippen LogP contribution in [0.4, 0.5) is 15.3 Å². The summed E-state index contributed by atoms with van der Waals surface area (Å²) in [5, 5.41) is 31.0. The van der Waals surface area contributed by atoms with Gasteiger partial charge in [-0.3, -0.25) is 9.69 Å². The molecule has 1 aromatic heterocycles. The zero-order valence-electron chi connectivity index (χ0n) is 39.7. The van der Waals surface area contributed by atoms with Gasteiger partial charge in [0.15, 0.2) is 0 Å². The molecular formula is C57H58N6O9. The van der Waals surface area contributed by atoms with Crippen molar-refractivity contribution in [1.82, 2.24) is 25.4 Å². The van der Waals surface area contributed by atoms with Gasteiger partial charge in [0.2, 0.25) is 5.56 Å². The number of alkyl carbamates (subject to hydrolysis) is 1. The van der Waals surface area contributed by atoms with Gasteiger partial charge in [0.25, 0.3) is 0 Å². The number of esters is 1. The van der Waals surface area contributed by atoms with Crippen molar-refractivity contribution < 1.29 is 38.8 Å². The number of carbonyl (C=O) groups is 3. The average molecular weight is 971 g/mol. The van der Waals surface area contributed by atoms with Crippen LogP contribution in [0.1, 0.15) is 68.7 Å². The monoisotopic (exact) mass is 970 g/mol. The van der Waals surface area contributed by atoms with Crippen molar-refractivity contribution >= 4 is 34.7 Å². The number of aliphatic hydroxyl groups excluding tert-OH is 1. The van der Waals surface area contributed by atoms with Crippen LogP contribution in [-0.4, -0.2) is 88.5 Å². The number of phenolic OH excluding ortho intramolecular Hbond substituents is 1. The van der Waals surface area contributed by atoms with E-state index in [-0.39, 0.29) is 61.8 Å². The van der Waals surface area contributed by atoms with Crippen molar-refractivity contribution in [2.24, 2.45) is 5.92 Å². The molecule has 2 bridgehead atoms. The first kappa shape index (κ1) is 49.0. The van der Waals surface area contributed by atoms with Crippen molar-refractivity contribution in [3.63, 3.8) is 0 Å². The molecule has 15 heteroatoms. The van der Waals surface area contributed by atoms with Crippen LogP contribution in [0.15, 0.2) is 163 Å². The van der Waals surface area contributed by atoms with Crippen molar-refractivity contribution in [3.8, 4) is 11.5 Å². The zero-order valence-corrected chi connectivity index (χ0v) is 39.7. The number of fused-ring (bicyclic) bond motifs is 4. The number of phenols is 1. The standard InChI is InChI=1S/C57H58N6O9/c64-49-24-22-47(48-23-25-52(66)60-54(48)49)50(65)34-58-33-38-16-20-45(21-17-38)59-56(68)63(35-39-8-3-1-4-9-39)30-31-70-55(67)43-18-14-40(15-19-43)37-71-46-13-7-12-44(32-46)53(42-10-5-2-6-11-42)61-57(69)72-51-36-62-28-26-41(51)27-29-62/h1-25,32,41,50-51,53,58,64-65H,26-31,33-37H2,(H,59,68)(H,60,66)(H,61,69). The van der Waals surface area contributed by atoms with Crippen LogP contribution in [0.5, 0.6) is 11.5 Å². The lowest BCUT2D eigenvalue weighted by atomic mass is 9.86. The first-order valence-corrected chi connectivity index (χ1v) is 24.3. The lowest BCUT2D eigenvalue weighted by Gasteiger charge is -2.43. The Hall–Kier alpha value is -7.98. The lowest BCUT2D eigenvalue weighted by Crippen LogP contribution is -2.52. The highest BCUT2D eigenvalue weighted by Crippen LogP contribution is 2.32. The molecule has 0 spiro atoms. The minimum absolute atomic E-state index is 0.0368. The summed E-state index contributed by atoms with van der Waals surface area (Å²) in [6, 6.07) is 46.5. The number of benzene rings is 6. The maximum absolute atomic E-state index is 13.7. The summed E-state index contributed by atoms with van der Waals surface area (Å²) in [5.41, 5.74) is 5.86. The molecule has 6 aromatic carbocycles. The summed E-state index contributed by atoms with van der Waals surface area (Å²) in [4.78, 5) is 58.5. The number of pyridine rings is 1. The van der Waals surface area contributed by atoms with E-state index in [0.717, 1.165) is 60.3 Å². The number of aromatic hydroxyl groups is 1. The highest BCUT2D eigenvalue weighted by Gasteiger charge is 2.37. The van der Waals surface area contributed by atoms with Crippen LogP contribution in [0.25, 0.3) is 10.9 Å². The Morgan fingerprint density at radius 3 is 2.24 bits per heavy atom. The third kappa shape index (κ3) is 12.7. The number of hydrogen-bond donors (Lipinski definition) is 6. The van der Waals surface area contributed by atoms with E-state index in [0.29, 0.717) is 40.4 Å². The predicted octanol–water partition coefficient (Wildman–Crippen LogP) is 8.44. The third-order valence-corrected chi connectivity index (χ3v) is 13.3. The number of anilines is 1. The summed E-state index contributed by atoms with van der Waals surface area (Å²) in [6.07, 6.45) is 0.654. The Morgan fingerprint density at radius 2 is 1.50 bits per heavy atom. The number of H-pyrrole nitrogens is 1. The van der Waals surface area contributed by atoms with Gasteiger partial charge in [-0.15, -0.1) is 0 Å². The SMILES string of the molecule is O=C(NC(c1ccccc1)c1cccc(OCc2ccc(C(=O)OCCN(Cc3ccccc3)C(=O)Nc3ccc(CNCC(O)c4ccc(O)c5[nH]c(=O)ccc45)cc3)cc2)c1)OC1CN2CCC1CC2. The van der Waals surface area contributed by atoms with Crippen LogP contribution in [0.2, 0.25) is 0 Å². The molecule has 10 rings (SSSR count). The Labute approximate surface area is 417 Å². The van der Waals surface area contributed by atoms with E-state index >= 15 is 0 Å². The number of nitrogens with zero attached hydrogens (tertiary/aromatic N) is 2. The maximum atomic E-state index is 13.7. The number of hydrogen-bond acceptors (Lipinski definition) is 11. The smallest absolute Gasteiger partial charge is 0.408 e. The molecule has 72 heavy (non-hydrogen) atoms. The maximum Gasteiger partial charge on any atom is 0.408 e. The molecule has 6 N–H and O–H groups in total. The van der Waals surface area contributed by atoms with Gasteiger partial charge in [0.05, 0.1) is 29.8 Å². The molecule has 3 aliphatic heterocycles. The number of aliphatic hydroxyl groups is 1. The van der Waals surface area contributed by atoms with Crippen molar-refractivity contribution in [2.75, 3.05) is 44.6 Å². The van der Waals surface area contributed by atoms with Crippen LogP contribution in [-0.2, 0) is 29.2 Å². The number of rotatable bonds is 19. The first-order valence-electron chi connectivity index (χ1n) is 24.3. The average Bonchev–Trinajstić information content (AvgIpc) is 3.41. The number of nitrogens with one attached hydrogen (secondary N) is 4. The molecule has 4 heterocycles. The van der Waals surface area contributed by atoms with Gasteiger partial charge in [-0.1, -0.05) is 103 Å². The van der Waals surface area contributed by atoms with E-state index in [9.17, 15) is 29.4 Å². The molecule has 370 valence electrons. The fourth-order valence-corrected chi connectivity index (χ4v) is 9.34. The van der Waals surface area contributed by atoms with Gasteiger partial charge < -0.3 is 50.3 Å². The minimum Gasteiger partial charge on any atom is -0.506 e. The highest BCUT2D eigenvalue weighted by atomic mass is 16.6. The Balaban J connectivity index is 0.751. The first-order chi connectivity index (χ1) is 35.1. The Kier molecular flexibility index (Phi) is 15.9. The van der Waals surface area contributed by atoms with Gasteiger partial charge in [0.1, 0.15) is 30.8 Å². The van der Waals surface area contributed by atoms with Gasteiger partial charge >= 0.3 is 18.1 Å². The normalized spacial score (nSPS) is 16.8. The topological polar surface area (TPSA) is 195 Å². The Morgan fingerprint density at radius 1 is 0.778 bits per heavy atom. The van der Waals surface area contributed by atoms with Gasteiger partial charge in [0, 0.05) is 43.3 Å². The van der Waals surface area contributed by atoms with E-state index < -0.39 is 24.2 Å². The van der Waals surface area contributed by atoms with Crippen molar-refractivity contribution in [2.45, 2.75) is 50.8 Å². The molecule has 3 atom stereocenters. The van der Waals surface area contributed by atoms with E-state index in [2.05, 4.69) is 25.8 Å². The molecule has 3 unspecified atom stereocenters. The molecule has 3 amide bonds. The molecule has 3 aliphatic rings. The number of amides is 3. The zero-order chi connectivity index (χ0) is 49.8. The number of aromatic amines is 1.